The number of nitrogens with one attached hydrogen (secondary N) is 1. The summed E-state index contributed by atoms with van der Waals surface area (Å²) >= 11 is 0. The van der Waals surface area contributed by atoms with Crippen molar-refractivity contribution < 1.29 is 24.5 Å². The summed E-state index contributed by atoms with van der Waals surface area (Å²) in [6.45, 7) is -0.724. The zero-order chi connectivity index (χ0) is 12.8. The molecule has 1 amide bonds. The zero-order valence-corrected chi connectivity index (χ0v) is 8.95. The monoisotopic (exact) mass is 243 g/mol. The summed E-state index contributed by atoms with van der Waals surface area (Å²) in [6.07, 6.45) is -4.68. The minimum absolute atomic E-state index is 0.235. The number of carboxylic acid groups (broad SMARTS) is 1. The Bertz CT molecular complexity index is 360. The lowest BCUT2D eigenvalue weighted by atomic mass is 9.99. The van der Waals surface area contributed by atoms with Crippen LogP contribution in [0.1, 0.15) is 11.7 Å². The van der Waals surface area contributed by atoms with E-state index in [1.807, 2.05) is 5.32 Å². The van der Waals surface area contributed by atoms with Gasteiger partial charge in [-0.1, -0.05) is 30.3 Å². The topological polar surface area (TPSA) is 89.8 Å². The lowest BCUT2D eigenvalue weighted by molar-refractivity contribution is 0.0334. The summed E-state index contributed by atoms with van der Waals surface area (Å²) in [5, 5.41) is 28.6. The fraction of sp³-hybridized carbons (Fsp3) is 0.364. The molecule has 0 saturated heterocycles. The molecule has 6 heteroatoms. The average molecular weight is 243 g/mol. The number of benzene rings is 1. The minimum Gasteiger partial charge on any atom is -0.465 e. The third-order valence-corrected chi connectivity index (χ3v) is 2.33. The van der Waals surface area contributed by atoms with Gasteiger partial charge in [0.1, 0.15) is 12.3 Å². The molecule has 0 heterocycles. The first-order chi connectivity index (χ1) is 8.06. The lowest BCUT2D eigenvalue weighted by Gasteiger charge is -2.24. The molecule has 1 unspecified atom stereocenters. The van der Waals surface area contributed by atoms with Gasteiger partial charge in [-0.15, -0.1) is 0 Å². The van der Waals surface area contributed by atoms with E-state index < -0.39 is 31.0 Å². The second-order valence-corrected chi connectivity index (χ2v) is 3.54. The molecule has 3 atom stereocenters. The molecule has 0 aromatic heterocycles. The summed E-state index contributed by atoms with van der Waals surface area (Å²) < 4.78 is 14.0. The molecule has 0 aliphatic heterocycles. The van der Waals surface area contributed by atoms with Crippen LogP contribution in [0.3, 0.4) is 0 Å². The van der Waals surface area contributed by atoms with Crippen LogP contribution in [0.2, 0.25) is 0 Å². The van der Waals surface area contributed by atoms with E-state index in [0.29, 0.717) is 0 Å². The van der Waals surface area contributed by atoms with Gasteiger partial charge in [-0.2, -0.15) is 0 Å². The summed E-state index contributed by atoms with van der Waals surface area (Å²) in [5.74, 6) is 0. The molecule has 0 aliphatic rings. The first-order valence-corrected chi connectivity index (χ1v) is 5.03. The van der Waals surface area contributed by atoms with E-state index in [4.69, 9.17) is 10.2 Å². The average Bonchev–Trinajstić information content (AvgIpc) is 2.35. The zero-order valence-electron chi connectivity index (χ0n) is 8.95. The van der Waals surface area contributed by atoms with Gasteiger partial charge in [-0.05, 0) is 5.56 Å². The predicted octanol–water partition coefficient (Wildman–Crippen LogP) is 0.687. The van der Waals surface area contributed by atoms with Gasteiger partial charge in [0.25, 0.3) is 0 Å². The Morgan fingerprint density at radius 1 is 1.35 bits per heavy atom. The van der Waals surface area contributed by atoms with Crippen molar-refractivity contribution in [2.75, 3.05) is 6.61 Å². The molecule has 0 fully saturated rings. The largest absolute Gasteiger partial charge is 0.465 e. The lowest BCUT2D eigenvalue weighted by Crippen LogP contribution is -2.47. The minimum atomic E-state index is -1.73. The molecule has 94 valence electrons. The number of amides is 1. The molecule has 1 aromatic rings. The van der Waals surface area contributed by atoms with Crippen LogP contribution in [-0.4, -0.2) is 40.2 Å². The van der Waals surface area contributed by atoms with E-state index in [1.54, 1.807) is 18.2 Å². The van der Waals surface area contributed by atoms with Crippen molar-refractivity contribution in [1.82, 2.24) is 5.32 Å². The number of hydrogen-bond acceptors (Lipinski definition) is 3. The highest BCUT2D eigenvalue weighted by Gasteiger charge is 2.30. The number of hydrogen-bond donors (Lipinski definition) is 4. The summed E-state index contributed by atoms with van der Waals surface area (Å²) in [6, 6.07) is 6.45. The number of aliphatic hydroxyl groups excluding tert-OH is 2. The smallest absolute Gasteiger partial charge is 0.405 e. The molecule has 0 bridgehead atoms. The van der Waals surface area contributed by atoms with Crippen LogP contribution in [0.25, 0.3) is 0 Å². The standard InChI is InChI=1S/C11H14FNO4/c12-9(7-4-2-1-3-5-7)10(8(15)6-14)13-11(16)17/h1-5,8-10,13-15H,6H2,(H,16,17)/t8?,9-,10+/m0/s1. The highest BCUT2D eigenvalue weighted by Crippen LogP contribution is 2.23. The Morgan fingerprint density at radius 2 is 1.94 bits per heavy atom. The molecule has 0 radical (unpaired) electrons. The Morgan fingerprint density at radius 3 is 2.41 bits per heavy atom. The molecule has 0 spiro atoms. The quantitative estimate of drug-likeness (QED) is 0.612. The second kappa shape index (κ2) is 6.17. The summed E-state index contributed by atoms with van der Waals surface area (Å²) in [4.78, 5) is 10.5. The van der Waals surface area contributed by atoms with Crippen molar-refractivity contribution >= 4 is 6.09 Å². The normalized spacial score (nSPS) is 15.9. The Kier molecular flexibility index (Phi) is 4.86. The van der Waals surface area contributed by atoms with Gasteiger partial charge in [0.05, 0.1) is 12.6 Å². The summed E-state index contributed by atoms with van der Waals surface area (Å²) in [7, 11) is 0. The molecule has 1 aromatic carbocycles. The highest BCUT2D eigenvalue weighted by molar-refractivity contribution is 5.65. The van der Waals surface area contributed by atoms with Gasteiger partial charge >= 0.3 is 6.09 Å². The van der Waals surface area contributed by atoms with E-state index in [0.717, 1.165) is 0 Å². The number of alkyl halides is 1. The number of halogens is 1. The van der Waals surface area contributed by atoms with E-state index in [-0.39, 0.29) is 5.56 Å². The van der Waals surface area contributed by atoms with Crippen molar-refractivity contribution in [3.8, 4) is 0 Å². The van der Waals surface area contributed by atoms with Crippen LogP contribution >= 0.6 is 0 Å². The van der Waals surface area contributed by atoms with Gasteiger partial charge in [0.15, 0.2) is 0 Å². The van der Waals surface area contributed by atoms with Crippen molar-refractivity contribution in [3.05, 3.63) is 35.9 Å². The fourth-order valence-electron chi connectivity index (χ4n) is 1.46. The molecular weight excluding hydrogens is 229 g/mol. The number of aliphatic hydroxyl groups is 2. The van der Waals surface area contributed by atoms with Crippen LogP contribution in [0.15, 0.2) is 30.3 Å². The molecule has 0 saturated carbocycles. The van der Waals surface area contributed by atoms with Crippen molar-refractivity contribution in [3.63, 3.8) is 0 Å². The molecule has 17 heavy (non-hydrogen) atoms. The fourth-order valence-corrected chi connectivity index (χ4v) is 1.46. The van der Waals surface area contributed by atoms with E-state index >= 15 is 0 Å². The van der Waals surface area contributed by atoms with Gasteiger partial charge in [-0.3, -0.25) is 0 Å². The van der Waals surface area contributed by atoms with Gasteiger partial charge in [0, 0.05) is 0 Å². The maximum atomic E-state index is 14.0. The Balaban J connectivity index is 2.86. The number of rotatable bonds is 5. The van der Waals surface area contributed by atoms with Gasteiger partial charge in [-0.25, -0.2) is 9.18 Å². The van der Waals surface area contributed by atoms with Crippen LogP contribution in [0.4, 0.5) is 9.18 Å². The molecular formula is C11H14FNO4. The van der Waals surface area contributed by atoms with Crippen LogP contribution in [0, 0.1) is 0 Å². The summed E-state index contributed by atoms with van der Waals surface area (Å²) in [5.41, 5.74) is 0.235. The first-order valence-electron chi connectivity index (χ1n) is 5.03. The van der Waals surface area contributed by atoms with Gasteiger partial charge < -0.3 is 20.6 Å². The second-order valence-electron chi connectivity index (χ2n) is 3.54. The SMILES string of the molecule is O=C(O)N[C@H](C(O)CO)[C@@H](F)c1ccccc1. The predicted molar refractivity (Wildman–Crippen MR) is 58.3 cm³/mol. The van der Waals surface area contributed by atoms with E-state index in [2.05, 4.69) is 0 Å². The van der Waals surface area contributed by atoms with Crippen LogP contribution < -0.4 is 5.32 Å². The molecule has 0 aliphatic carbocycles. The number of carbonyl (C=O) groups is 1. The highest BCUT2D eigenvalue weighted by atomic mass is 19.1. The van der Waals surface area contributed by atoms with Crippen molar-refractivity contribution in [1.29, 1.82) is 0 Å². The van der Waals surface area contributed by atoms with Crippen molar-refractivity contribution in [2.24, 2.45) is 0 Å². The van der Waals surface area contributed by atoms with Crippen molar-refractivity contribution in [2.45, 2.75) is 18.3 Å². The third kappa shape index (κ3) is 3.69. The van der Waals surface area contributed by atoms with Crippen LogP contribution in [-0.2, 0) is 0 Å². The third-order valence-electron chi connectivity index (χ3n) is 2.33. The van der Waals surface area contributed by atoms with E-state index in [9.17, 15) is 14.3 Å². The Labute approximate surface area is 97.5 Å². The van der Waals surface area contributed by atoms with Crippen LogP contribution in [0.5, 0.6) is 0 Å². The Hall–Kier alpha value is -1.66. The van der Waals surface area contributed by atoms with E-state index in [1.165, 1.54) is 12.1 Å². The van der Waals surface area contributed by atoms with Gasteiger partial charge in [0.2, 0.25) is 0 Å². The molecule has 4 N–H and O–H groups in total. The molecule has 5 nitrogen and oxygen atoms in total. The molecule has 1 rings (SSSR count). The maximum Gasteiger partial charge on any atom is 0.405 e. The maximum absolute atomic E-state index is 14.0. The first kappa shape index (κ1) is 13.4.